The van der Waals surface area contributed by atoms with E-state index in [4.69, 9.17) is 14.6 Å². The van der Waals surface area contributed by atoms with Gasteiger partial charge in [0, 0.05) is 28.6 Å². The summed E-state index contributed by atoms with van der Waals surface area (Å²) in [5, 5.41) is 11.5. The van der Waals surface area contributed by atoms with Crippen LogP contribution in [-0.2, 0) is 26.1 Å². The zero-order valence-corrected chi connectivity index (χ0v) is 22.1. The molecule has 2 heterocycles. The van der Waals surface area contributed by atoms with Gasteiger partial charge in [-0.25, -0.2) is 8.42 Å². The van der Waals surface area contributed by atoms with Crippen LogP contribution >= 0.6 is 11.3 Å². The van der Waals surface area contributed by atoms with Crippen molar-refractivity contribution in [3.8, 4) is 5.75 Å². The number of amides is 1. The Hall–Kier alpha value is -3.55. The van der Waals surface area contributed by atoms with Gasteiger partial charge in [0.2, 0.25) is 21.5 Å². The van der Waals surface area contributed by atoms with Crippen molar-refractivity contribution in [2.24, 2.45) is 0 Å². The van der Waals surface area contributed by atoms with Crippen LogP contribution in [0.4, 0.5) is 0 Å². The minimum atomic E-state index is -4.21. The van der Waals surface area contributed by atoms with Crippen LogP contribution in [0.2, 0.25) is 0 Å². The quantitative estimate of drug-likeness (QED) is 0.180. The molecule has 1 amide bonds. The third-order valence-electron chi connectivity index (χ3n) is 5.81. The molecule has 3 N–H and O–H groups in total. The first-order chi connectivity index (χ1) is 18.3. The Morgan fingerprint density at radius 3 is 2.68 bits per heavy atom. The molecule has 4 rings (SSSR count). The number of aliphatic hydroxyl groups is 1. The lowest BCUT2D eigenvalue weighted by Crippen LogP contribution is -2.44. The summed E-state index contributed by atoms with van der Waals surface area (Å²) in [6.07, 6.45) is 0. The van der Waals surface area contributed by atoms with Crippen LogP contribution in [0.3, 0.4) is 0 Å². The average molecular weight is 558 g/mol. The highest BCUT2D eigenvalue weighted by molar-refractivity contribution is 7.89. The zero-order valence-electron chi connectivity index (χ0n) is 20.5. The first-order valence-corrected chi connectivity index (χ1v) is 14.0. The van der Waals surface area contributed by atoms with Gasteiger partial charge in [-0.2, -0.15) is 4.72 Å². The number of H-pyrrole nitrogens is 1. The summed E-state index contributed by atoms with van der Waals surface area (Å²) in [7, 11) is -2.77. The predicted molar refractivity (Wildman–Crippen MR) is 143 cm³/mol. The fourth-order valence-electron chi connectivity index (χ4n) is 3.95. The van der Waals surface area contributed by atoms with Crippen LogP contribution in [0.15, 0.2) is 81.8 Å². The molecule has 4 aromatic rings. The summed E-state index contributed by atoms with van der Waals surface area (Å²) >= 11 is 1.46. The zero-order chi connectivity index (χ0) is 27.1. The number of para-hydroxylation sites is 1. The Morgan fingerprint density at radius 2 is 1.95 bits per heavy atom. The number of ether oxygens (including phenoxy) is 2. The third-order valence-corrected chi connectivity index (χ3v) is 8.09. The van der Waals surface area contributed by atoms with Crippen molar-refractivity contribution >= 4 is 38.2 Å². The van der Waals surface area contributed by atoms with Crippen LogP contribution in [0.1, 0.15) is 16.5 Å². The molecule has 10 nitrogen and oxygen atoms in total. The van der Waals surface area contributed by atoms with E-state index in [1.807, 2.05) is 17.5 Å². The number of benzene rings is 2. The van der Waals surface area contributed by atoms with Crippen LogP contribution in [0, 0.1) is 0 Å². The molecule has 0 bridgehead atoms. The number of methoxy groups -OCH3 is 1. The highest BCUT2D eigenvalue weighted by Gasteiger charge is 2.33. The molecule has 0 saturated heterocycles. The molecular weight excluding hydrogens is 530 g/mol. The number of aromatic amines is 1. The number of aliphatic hydroxyl groups excluding tert-OH is 1. The maximum atomic E-state index is 14.0. The van der Waals surface area contributed by atoms with Gasteiger partial charge in [0.15, 0.2) is 0 Å². The smallest absolute Gasteiger partial charge is 0.248 e. The Labute approximate surface area is 223 Å². The third kappa shape index (κ3) is 6.47. The molecule has 200 valence electrons. The Balaban J connectivity index is 1.73. The minimum absolute atomic E-state index is 0.0574. The number of aromatic nitrogens is 1. The molecule has 0 radical (unpaired) electrons. The molecular formula is C26H27N3O7S2. The maximum Gasteiger partial charge on any atom is 0.248 e. The number of hydrogen-bond donors (Lipinski definition) is 3. The largest absolute Gasteiger partial charge is 0.496 e. The van der Waals surface area contributed by atoms with E-state index in [-0.39, 0.29) is 30.2 Å². The van der Waals surface area contributed by atoms with E-state index in [0.29, 0.717) is 22.2 Å². The van der Waals surface area contributed by atoms with Crippen molar-refractivity contribution in [2.45, 2.75) is 17.5 Å². The number of rotatable bonds is 12. The second kappa shape index (κ2) is 12.3. The molecule has 0 unspecified atom stereocenters. The van der Waals surface area contributed by atoms with Gasteiger partial charge >= 0.3 is 0 Å². The van der Waals surface area contributed by atoms with Gasteiger partial charge in [-0.15, -0.1) is 11.3 Å². The van der Waals surface area contributed by atoms with Crippen molar-refractivity contribution in [1.29, 1.82) is 0 Å². The topological polar surface area (TPSA) is 138 Å². The van der Waals surface area contributed by atoms with Gasteiger partial charge in [0.05, 0.1) is 25.2 Å². The number of fused-ring (bicyclic) bond motifs is 1. The molecule has 0 aliphatic rings. The number of carbonyl (C=O) groups is 1. The SMILES string of the molecule is COc1ccccc1[C@H](NS(=O)(=O)c1ccc2[nH]c(=O)ccc2c1)C(=O)N(CCOCO)Cc1cccs1. The average Bonchev–Trinajstić information content (AvgIpc) is 3.44. The van der Waals surface area contributed by atoms with E-state index in [2.05, 4.69) is 9.71 Å². The van der Waals surface area contributed by atoms with Gasteiger partial charge in [0.25, 0.3) is 0 Å². The summed E-state index contributed by atoms with van der Waals surface area (Å²) in [6, 6.07) is 16.2. The highest BCUT2D eigenvalue weighted by Crippen LogP contribution is 2.29. The molecule has 38 heavy (non-hydrogen) atoms. The molecule has 2 aromatic carbocycles. The highest BCUT2D eigenvalue weighted by atomic mass is 32.2. The number of nitrogens with one attached hydrogen (secondary N) is 2. The molecule has 1 atom stereocenters. The van der Waals surface area contributed by atoms with Gasteiger partial charge in [-0.1, -0.05) is 24.3 Å². The maximum absolute atomic E-state index is 14.0. The number of pyridine rings is 1. The van der Waals surface area contributed by atoms with Gasteiger partial charge in [-0.3, -0.25) is 9.59 Å². The van der Waals surface area contributed by atoms with E-state index < -0.39 is 28.8 Å². The van der Waals surface area contributed by atoms with Crippen molar-refractivity contribution in [3.05, 3.63) is 92.9 Å². The molecule has 0 fully saturated rings. The van der Waals surface area contributed by atoms with E-state index in [1.54, 1.807) is 24.3 Å². The summed E-state index contributed by atoms with van der Waals surface area (Å²) < 4.78 is 40.2. The fraction of sp³-hybridized carbons (Fsp3) is 0.231. The molecule has 0 saturated carbocycles. The fourth-order valence-corrected chi connectivity index (χ4v) is 5.88. The summed E-state index contributed by atoms with van der Waals surface area (Å²) in [6.45, 7) is -0.102. The van der Waals surface area contributed by atoms with Crippen molar-refractivity contribution in [2.75, 3.05) is 27.1 Å². The molecule has 0 spiro atoms. The van der Waals surface area contributed by atoms with Gasteiger partial charge < -0.3 is 24.5 Å². The first kappa shape index (κ1) is 27.5. The van der Waals surface area contributed by atoms with Crippen LogP contribution in [-0.4, -0.2) is 56.4 Å². The molecule has 0 aliphatic heterocycles. The van der Waals surface area contributed by atoms with Gasteiger partial charge in [-0.05, 0) is 47.2 Å². The van der Waals surface area contributed by atoms with E-state index in [1.165, 1.54) is 53.7 Å². The molecule has 0 aliphatic carbocycles. The minimum Gasteiger partial charge on any atom is -0.496 e. The Bertz CT molecular complexity index is 1550. The van der Waals surface area contributed by atoms with E-state index in [0.717, 1.165) is 4.88 Å². The van der Waals surface area contributed by atoms with E-state index in [9.17, 15) is 18.0 Å². The van der Waals surface area contributed by atoms with Crippen LogP contribution < -0.4 is 15.0 Å². The Kier molecular flexibility index (Phi) is 8.92. The second-order valence-corrected chi connectivity index (χ2v) is 11.0. The lowest BCUT2D eigenvalue weighted by molar-refractivity contribution is -0.135. The lowest BCUT2D eigenvalue weighted by Gasteiger charge is -2.28. The number of carbonyl (C=O) groups excluding carboxylic acids is 1. The number of sulfonamides is 1. The normalized spacial score (nSPS) is 12.4. The van der Waals surface area contributed by atoms with Crippen molar-refractivity contribution < 1.29 is 27.8 Å². The van der Waals surface area contributed by atoms with Crippen molar-refractivity contribution in [1.82, 2.24) is 14.6 Å². The summed E-state index contributed by atoms with van der Waals surface area (Å²) in [4.78, 5) is 30.5. The monoisotopic (exact) mass is 557 g/mol. The Morgan fingerprint density at radius 1 is 1.13 bits per heavy atom. The standard InChI is InChI=1S/C26H27N3O7S2/c1-35-23-7-3-2-6-21(23)25(26(32)29(12-13-36-17-30)16-19-5-4-14-37-19)28-38(33,34)20-9-10-22-18(15-20)8-11-24(31)27-22/h2-11,14-15,25,28,30H,12-13,16-17H2,1H3,(H,27,31)/t25-/m0/s1. The van der Waals surface area contributed by atoms with E-state index >= 15 is 0 Å². The van der Waals surface area contributed by atoms with Gasteiger partial charge in [0.1, 0.15) is 18.6 Å². The van der Waals surface area contributed by atoms with Crippen molar-refractivity contribution in [3.63, 3.8) is 0 Å². The van der Waals surface area contributed by atoms with Crippen LogP contribution in [0.25, 0.3) is 10.9 Å². The lowest BCUT2D eigenvalue weighted by atomic mass is 10.0. The number of hydrogen-bond acceptors (Lipinski definition) is 8. The number of thiophene rings is 1. The summed E-state index contributed by atoms with van der Waals surface area (Å²) in [5.74, 6) is -0.176. The first-order valence-electron chi connectivity index (χ1n) is 11.6. The summed E-state index contributed by atoms with van der Waals surface area (Å²) in [5.41, 5.74) is 0.525. The predicted octanol–water partition coefficient (Wildman–Crippen LogP) is 2.61. The van der Waals surface area contributed by atoms with Crippen LogP contribution in [0.5, 0.6) is 5.75 Å². The molecule has 12 heteroatoms. The molecule has 2 aromatic heterocycles. The second-order valence-electron chi connectivity index (χ2n) is 8.24. The number of nitrogens with zero attached hydrogens (tertiary/aromatic N) is 1.